The summed E-state index contributed by atoms with van der Waals surface area (Å²) in [5.41, 5.74) is -0.150. The van der Waals surface area contributed by atoms with Crippen molar-refractivity contribution < 1.29 is 12.8 Å². The lowest BCUT2D eigenvalue weighted by molar-refractivity contribution is 0.381. The molecule has 0 fully saturated rings. The van der Waals surface area contributed by atoms with Crippen molar-refractivity contribution in [1.29, 1.82) is 0 Å². The second-order valence-electron chi connectivity index (χ2n) is 4.78. The largest absolute Gasteiger partial charge is 0.444 e. The van der Waals surface area contributed by atoms with Gasteiger partial charge in [0, 0.05) is 11.7 Å². The third-order valence-electron chi connectivity index (χ3n) is 2.25. The van der Waals surface area contributed by atoms with E-state index in [2.05, 4.69) is 4.98 Å². The van der Waals surface area contributed by atoms with Crippen LogP contribution in [-0.2, 0) is 15.3 Å². The fourth-order valence-electron chi connectivity index (χ4n) is 1.01. The summed E-state index contributed by atoms with van der Waals surface area (Å²) in [5, 5.41) is -0.686. The minimum Gasteiger partial charge on any atom is -0.444 e. The maximum absolute atomic E-state index is 11.3. The standard InChI is InChI=1S/C10H17NO3S/c1-7(15(5,12)13)9-11-6-8(14-9)10(2,3)4/h6-7H,1-5H3/t7-/m1/s1. The molecule has 0 radical (unpaired) electrons. The molecule has 0 amide bonds. The minimum atomic E-state index is -3.14. The quantitative estimate of drug-likeness (QED) is 0.781. The molecule has 0 aliphatic heterocycles. The van der Waals surface area contributed by atoms with Crippen LogP contribution in [0.2, 0.25) is 0 Å². The zero-order chi connectivity index (χ0) is 11.9. The Morgan fingerprint density at radius 3 is 2.27 bits per heavy atom. The van der Waals surface area contributed by atoms with Gasteiger partial charge in [0.05, 0.1) is 6.20 Å². The predicted octanol–water partition coefficient (Wildman–Crippen LogP) is 2.08. The Morgan fingerprint density at radius 2 is 1.93 bits per heavy atom. The first-order chi connectivity index (χ1) is 6.62. The number of hydrogen-bond acceptors (Lipinski definition) is 4. The molecule has 0 saturated carbocycles. The van der Waals surface area contributed by atoms with Gasteiger partial charge in [-0.15, -0.1) is 0 Å². The minimum absolute atomic E-state index is 0.150. The molecule has 0 unspecified atom stereocenters. The van der Waals surface area contributed by atoms with Crippen LogP contribution in [-0.4, -0.2) is 19.7 Å². The van der Waals surface area contributed by atoms with Crippen LogP contribution in [0.5, 0.6) is 0 Å². The van der Waals surface area contributed by atoms with Gasteiger partial charge in [0.1, 0.15) is 11.0 Å². The van der Waals surface area contributed by atoms with Crippen molar-refractivity contribution in [1.82, 2.24) is 4.98 Å². The fourth-order valence-corrected chi connectivity index (χ4v) is 1.48. The van der Waals surface area contributed by atoms with Gasteiger partial charge >= 0.3 is 0 Å². The molecule has 0 aliphatic carbocycles. The van der Waals surface area contributed by atoms with E-state index in [1.54, 1.807) is 13.1 Å². The van der Waals surface area contributed by atoms with Crippen LogP contribution in [0.1, 0.15) is 44.6 Å². The lowest BCUT2D eigenvalue weighted by Crippen LogP contribution is -2.10. The maximum Gasteiger partial charge on any atom is 0.212 e. The molecule has 86 valence electrons. The van der Waals surface area contributed by atoms with Crippen molar-refractivity contribution in [3.05, 3.63) is 17.8 Å². The Hall–Kier alpha value is -0.840. The number of hydrogen-bond donors (Lipinski definition) is 0. The van der Waals surface area contributed by atoms with Crippen LogP contribution in [0.25, 0.3) is 0 Å². The normalized spacial score (nSPS) is 15.3. The molecular formula is C10H17NO3S. The van der Waals surface area contributed by atoms with Gasteiger partial charge < -0.3 is 4.42 Å². The van der Waals surface area contributed by atoms with Crippen molar-refractivity contribution in [3.63, 3.8) is 0 Å². The van der Waals surface area contributed by atoms with Crippen molar-refractivity contribution in [2.45, 2.75) is 38.4 Å². The average Bonchev–Trinajstić information content (AvgIpc) is 2.47. The maximum atomic E-state index is 11.3. The zero-order valence-electron chi connectivity index (χ0n) is 9.73. The Labute approximate surface area is 90.6 Å². The number of sulfone groups is 1. The highest BCUT2D eigenvalue weighted by Crippen LogP contribution is 2.27. The predicted molar refractivity (Wildman–Crippen MR) is 58.5 cm³/mol. The van der Waals surface area contributed by atoms with Gasteiger partial charge in [0.25, 0.3) is 0 Å². The molecule has 0 aromatic carbocycles. The lowest BCUT2D eigenvalue weighted by Gasteiger charge is -2.13. The van der Waals surface area contributed by atoms with Gasteiger partial charge in [0.15, 0.2) is 9.84 Å². The monoisotopic (exact) mass is 231 g/mol. The zero-order valence-corrected chi connectivity index (χ0v) is 10.6. The topological polar surface area (TPSA) is 60.2 Å². The second kappa shape index (κ2) is 3.63. The summed E-state index contributed by atoms with van der Waals surface area (Å²) < 4.78 is 28.0. The van der Waals surface area contributed by atoms with E-state index in [1.165, 1.54) is 6.26 Å². The van der Waals surface area contributed by atoms with E-state index < -0.39 is 15.1 Å². The molecule has 1 rings (SSSR count). The molecule has 4 nitrogen and oxygen atoms in total. The molecule has 1 atom stereocenters. The molecule has 5 heteroatoms. The first-order valence-corrected chi connectivity index (χ1v) is 6.73. The van der Waals surface area contributed by atoms with E-state index in [0.29, 0.717) is 5.76 Å². The number of aromatic nitrogens is 1. The molecule has 1 aromatic rings. The highest BCUT2D eigenvalue weighted by Gasteiger charge is 2.25. The molecule has 0 aliphatic rings. The second-order valence-corrected chi connectivity index (χ2v) is 7.15. The van der Waals surface area contributed by atoms with Gasteiger partial charge in [-0.2, -0.15) is 0 Å². The number of oxazole rings is 1. The van der Waals surface area contributed by atoms with Gasteiger partial charge in [0.2, 0.25) is 5.89 Å². The van der Waals surface area contributed by atoms with Crippen molar-refractivity contribution in [2.75, 3.05) is 6.26 Å². The van der Waals surface area contributed by atoms with Crippen LogP contribution in [0.4, 0.5) is 0 Å². The Morgan fingerprint density at radius 1 is 1.40 bits per heavy atom. The van der Waals surface area contributed by atoms with Gasteiger partial charge in [-0.3, -0.25) is 0 Å². The SMILES string of the molecule is C[C@H](c1ncc(C(C)(C)C)o1)S(C)(=O)=O. The van der Waals surface area contributed by atoms with Crippen molar-refractivity contribution >= 4 is 9.84 Å². The summed E-state index contributed by atoms with van der Waals surface area (Å²) >= 11 is 0. The van der Waals surface area contributed by atoms with Gasteiger partial charge in [-0.1, -0.05) is 20.8 Å². The molecule has 1 aromatic heterocycles. The molecule has 1 heterocycles. The van der Waals surface area contributed by atoms with Crippen molar-refractivity contribution in [3.8, 4) is 0 Å². The van der Waals surface area contributed by atoms with Crippen LogP contribution >= 0.6 is 0 Å². The molecule has 15 heavy (non-hydrogen) atoms. The summed E-state index contributed by atoms with van der Waals surface area (Å²) in [6.45, 7) is 7.54. The van der Waals surface area contributed by atoms with Crippen LogP contribution in [0.3, 0.4) is 0 Å². The first-order valence-electron chi connectivity index (χ1n) is 4.77. The van der Waals surface area contributed by atoms with Gasteiger partial charge in [-0.25, -0.2) is 13.4 Å². The molecular weight excluding hydrogens is 214 g/mol. The van der Waals surface area contributed by atoms with Crippen LogP contribution < -0.4 is 0 Å². The van der Waals surface area contributed by atoms with Crippen LogP contribution in [0, 0.1) is 0 Å². The summed E-state index contributed by atoms with van der Waals surface area (Å²) in [4.78, 5) is 4.00. The summed E-state index contributed by atoms with van der Waals surface area (Å²) in [7, 11) is -3.14. The first kappa shape index (κ1) is 12.2. The van der Waals surface area contributed by atoms with Gasteiger partial charge in [-0.05, 0) is 6.92 Å². The van der Waals surface area contributed by atoms with E-state index in [9.17, 15) is 8.42 Å². The number of rotatable bonds is 2. The Balaban J connectivity index is 3.06. The smallest absolute Gasteiger partial charge is 0.212 e. The van der Waals surface area contributed by atoms with E-state index in [-0.39, 0.29) is 11.3 Å². The van der Waals surface area contributed by atoms with E-state index in [1.807, 2.05) is 20.8 Å². The highest BCUT2D eigenvalue weighted by molar-refractivity contribution is 7.90. The fraction of sp³-hybridized carbons (Fsp3) is 0.700. The third-order valence-corrected chi connectivity index (χ3v) is 3.74. The van der Waals surface area contributed by atoms with Crippen LogP contribution in [0.15, 0.2) is 10.6 Å². The molecule has 0 bridgehead atoms. The Bertz CT molecular complexity index is 439. The summed E-state index contributed by atoms with van der Waals surface area (Å²) in [6.07, 6.45) is 2.77. The lowest BCUT2D eigenvalue weighted by atomic mass is 9.94. The molecule has 0 N–H and O–H groups in total. The summed E-state index contributed by atoms with van der Waals surface area (Å²) in [5.74, 6) is 0.968. The van der Waals surface area contributed by atoms with Crippen molar-refractivity contribution in [2.24, 2.45) is 0 Å². The van der Waals surface area contributed by atoms with E-state index in [0.717, 1.165) is 0 Å². The molecule has 0 saturated heterocycles. The highest BCUT2D eigenvalue weighted by atomic mass is 32.2. The van der Waals surface area contributed by atoms with E-state index in [4.69, 9.17) is 4.42 Å². The third kappa shape index (κ3) is 2.81. The average molecular weight is 231 g/mol. The molecule has 0 spiro atoms. The number of nitrogens with zero attached hydrogens (tertiary/aromatic N) is 1. The van der Waals surface area contributed by atoms with E-state index >= 15 is 0 Å². The Kier molecular flexibility index (Phi) is 2.96. The summed E-state index contributed by atoms with van der Waals surface area (Å²) in [6, 6.07) is 0.